The number of sulfonamides is 1. The fourth-order valence-corrected chi connectivity index (χ4v) is 3.77. The molecule has 0 fully saturated rings. The van der Waals surface area contributed by atoms with Gasteiger partial charge >= 0.3 is 0 Å². The fourth-order valence-electron chi connectivity index (χ4n) is 2.58. The van der Waals surface area contributed by atoms with Crippen molar-refractivity contribution in [1.82, 2.24) is 9.71 Å². The third-order valence-electron chi connectivity index (χ3n) is 3.95. The van der Waals surface area contributed by atoms with Crippen LogP contribution in [-0.4, -0.2) is 19.9 Å². The smallest absolute Gasteiger partial charge is 0.241 e. The van der Waals surface area contributed by atoms with E-state index in [2.05, 4.69) is 9.71 Å². The number of hydrogen-bond donors (Lipinski definition) is 1. The number of aromatic nitrogens is 1. The largest absolute Gasteiger partial charge is 0.441 e. The van der Waals surface area contributed by atoms with Crippen molar-refractivity contribution in [2.45, 2.75) is 18.2 Å². The van der Waals surface area contributed by atoms with Crippen molar-refractivity contribution in [3.8, 4) is 17.5 Å². The quantitative estimate of drug-likeness (QED) is 0.703. The second-order valence-corrected chi connectivity index (χ2v) is 7.49. The molecule has 8 heteroatoms. The summed E-state index contributed by atoms with van der Waals surface area (Å²) in [6.07, 6.45) is 0.262. The second-order valence-electron chi connectivity index (χ2n) is 5.76. The van der Waals surface area contributed by atoms with Crippen molar-refractivity contribution in [2.24, 2.45) is 0 Å². The minimum absolute atomic E-state index is 0.0617. The van der Waals surface area contributed by atoms with E-state index in [1.165, 1.54) is 18.2 Å². The minimum Gasteiger partial charge on any atom is -0.441 e. The summed E-state index contributed by atoms with van der Waals surface area (Å²) in [7, 11) is -3.83. The van der Waals surface area contributed by atoms with Gasteiger partial charge in [-0.25, -0.2) is 22.5 Å². The topological polar surface area (TPSA) is 96.0 Å². The van der Waals surface area contributed by atoms with Gasteiger partial charge in [0.05, 0.1) is 21.7 Å². The van der Waals surface area contributed by atoms with Gasteiger partial charge in [0.2, 0.25) is 15.9 Å². The van der Waals surface area contributed by atoms with Gasteiger partial charge in [-0.1, -0.05) is 24.3 Å². The monoisotopic (exact) mass is 385 g/mol. The Morgan fingerprint density at radius 1 is 1.19 bits per heavy atom. The number of benzene rings is 2. The molecule has 3 rings (SSSR count). The van der Waals surface area contributed by atoms with E-state index >= 15 is 0 Å². The lowest BCUT2D eigenvalue weighted by atomic mass is 10.2. The molecule has 6 nitrogen and oxygen atoms in total. The predicted octanol–water partition coefficient (Wildman–Crippen LogP) is 3.18. The number of nitriles is 1. The van der Waals surface area contributed by atoms with Crippen LogP contribution in [-0.2, 0) is 16.4 Å². The first-order valence-electron chi connectivity index (χ1n) is 8.12. The highest BCUT2D eigenvalue weighted by molar-refractivity contribution is 7.89. The van der Waals surface area contributed by atoms with Crippen LogP contribution in [0.1, 0.15) is 17.0 Å². The Labute approximate surface area is 156 Å². The molecule has 3 aromatic rings. The summed E-state index contributed by atoms with van der Waals surface area (Å²) in [6, 6.07) is 14.0. The number of aryl methyl sites for hydroxylation is 1. The van der Waals surface area contributed by atoms with Gasteiger partial charge in [-0.05, 0) is 31.2 Å². The number of nitrogens with zero attached hydrogens (tertiary/aromatic N) is 2. The zero-order valence-corrected chi connectivity index (χ0v) is 15.3. The average Bonchev–Trinajstić information content (AvgIpc) is 3.02. The molecule has 1 aromatic heterocycles. The number of nitrogens with one attached hydrogen (secondary N) is 1. The average molecular weight is 385 g/mol. The number of oxazole rings is 1. The van der Waals surface area contributed by atoms with Gasteiger partial charge in [0, 0.05) is 13.0 Å². The Morgan fingerprint density at radius 2 is 1.89 bits per heavy atom. The minimum atomic E-state index is -3.83. The summed E-state index contributed by atoms with van der Waals surface area (Å²) >= 11 is 0. The molecule has 0 saturated carbocycles. The number of hydrogen-bond acceptors (Lipinski definition) is 5. The van der Waals surface area contributed by atoms with Crippen LogP contribution in [0, 0.1) is 24.1 Å². The molecule has 0 aliphatic heterocycles. The van der Waals surface area contributed by atoms with Crippen LogP contribution in [0.25, 0.3) is 11.5 Å². The summed E-state index contributed by atoms with van der Waals surface area (Å²) in [4.78, 5) is 4.20. The summed E-state index contributed by atoms with van der Waals surface area (Å²) in [6.45, 7) is 1.75. The van der Waals surface area contributed by atoms with Gasteiger partial charge < -0.3 is 4.42 Å². The Balaban J connectivity index is 1.73. The molecule has 1 heterocycles. The Bertz CT molecular complexity index is 1120. The first-order chi connectivity index (χ1) is 12.9. The molecule has 0 saturated heterocycles. The van der Waals surface area contributed by atoms with E-state index in [0.717, 1.165) is 0 Å². The van der Waals surface area contributed by atoms with Crippen LogP contribution in [0.4, 0.5) is 4.39 Å². The Hall–Kier alpha value is -3.02. The van der Waals surface area contributed by atoms with E-state index < -0.39 is 15.8 Å². The fraction of sp³-hybridized carbons (Fsp3) is 0.158. The van der Waals surface area contributed by atoms with Crippen LogP contribution in [0.2, 0.25) is 0 Å². The molecular weight excluding hydrogens is 369 g/mol. The lowest BCUT2D eigenvalue weighted by molar-refractivity contribution is 0.531. The van der Waals surface area contributed by atoms with Gasteiger partial charge in [-0.3, -0.25) is 0 Å². The van der Waals surface area contributed by atoms with Crippen molar-refractivity contribution >= 4 is 10.0 Å². The lowest BCUT2D eigenvalue weighted by Gasteiger charge is -2.07. The summed E-state index contributed by atoms with van der Waals surface area (Å²) in [5.74, 6) is 0.197. The first kappa shape index (κ1) is 18.8. The van der Waals surface area contributed by atoms with Gasteiger partial charge in [-0.2, -0.15) is 5.26 Å². The van der Waals surface area contributed by atoms with Gasteiger partial charge in [0.15, 0.2) is 0 Å². The predicted molar refractivity (Wildman–Crippen MR) is 96.7 cm³/mol. The molecule has 1 N–H and O–H groups in total. The summed E-state index contributed by atoms with van der Waals surface area (Å²) < 4.78 is 46.6. The maximum absolute atomic E-state index is 13.9. The van der Waals surface area contributed by atoms with Crippen LogP contribution < -0.4 is 4.72 Å². The van der Waals surface area contributed by atoms with Gasteiger partial charge in [0.1, 0.15) is 17.6 Å². The number of rotatable bonds is 6. The highest BCUT2D eigenvalue weighted by Crippen LogP contribution is 2.24. The third kappa shape index (κ3) is 4.05. The summed E-state index contributed by atoms with van der Waals surface area (Å²) in [5.41, 5.74) is 0.851. The molecule has 0 spiro atoms. The molecule has 0 atom stereocenters. The Kier molecular flexibility index (Phi) is 5.35. The summed E-state index contributed by atoms with van der Waals surface area (Å²) in [5, 5.41) is 9.06. The molecule has 0 aliphatic carbocycles. The lowest BCUT2D eigenvalue weighted by Crippen LogP contribution is -2.26. The van der Waals surface area contributed by atoms with Crippen LogP contribution in [0.5, 0.6) is 0 Å². The van der Waals surface area contributed by atoms with Crippen molar-refractivity contribution in [3.63, 3.8) is 0 Å². The van der Waals surface area contributed by atoms with E-state index in [9.17, 15) is 12.8 Å². The van der Waals surface area contributed by atoms with E-state index in [0.29, 0.717) is 11.5 Å². The van der Waals surface area contributed by atoms with Crippen molar-refractivity contribution < 1.29 is 17.2 Å². The van der Waals surface area contributed by atoms with E-state index in [1.54, 1.807) is 37.3 Å². The molecule has 0 aliphatic rings. The van der Waals surface area contributed by atoms with E-state index in [-0.39, 0.29) is 34.9 Å². The van der Waals surface area contributed by atoms with Crippen molar-refractivity contribution in [2.75, 3.05) is 6.54 Å². The normalized spacial score (nSPS) is 11.3. The first-order valence-corrected chi connectivity index (χ1v) is 9.60. The maximum atomic E-state index is 13.9. The third-order valence-corrected chi connectivity index (χ3v) is 5.47. The van der Waals surface area contributed by atoms with E-state index in [4.69, 9.17) is 9.68 Å². The molecule has 0 amide bonds. The highest BCUT2D eigenvalue weighted by Gasteiger charge is 2.19. The molecule has 0 radical (unpaired) electrons. The molecule has 2 aromatic carbocycles. The second kappa shape index (κ2) is 7.70. The van der Waals surface area contributed by atoms with Crippen LogP contribution in [0.3, 0.4) is 0 Å². The molecule has 27 heavy (non-hydrogen) atoms. The van der Waals surface area contributed by atoms with Crippen LogP contribution >= 0.6 is 0 Å². The maximum Gasteiger partial charge on any atom is 0.241 e. The van der Waals surface area contributed by atoms with E-state index in [1.807, 2.05) is 6.07 Å². The van der Waals surface area contributed by atoms with Crippen LogP contribution in [0.15, 0.2) is 57.8 Å². The van der Waals surface area contributed by atoms with Crippen molar-refractivity contribution in [3.05, 3.63) is 71.4 Å². The SMILES string of the molecule is Cc1oc(-c2ccccc2F)nc1CCNS(=O)(=O)c1ccccc1C#N. The van der Waals surface area contributed by atoms with Crippen molar-refractivity contribution in [1.29, 1.82) is 5.26 Å². The van der Waals surface area contributed by atoms with Gasteiger partial charge in [0.25, 0.3) is 0 Å². The zero-order valence-electron chi connectivity index (χ0n) is 14.4. The zero-order chi connectivity index (χ0) is 19.4. The number of halogens is 1. The molecular formula is C19H16FN3O3S. The molecule has 138 valence electrons. The standard InChI is InChI=1S/C19H16FN3O3S/c1-13-17(23-19(26-13)15-7-3-4-8-16(15)20)10-11-22-27(24,25)18-9-5-2-6-14(18)12-21/h2-9,22H,10-11H2,1H3. The molecule has 0 unspecified atom stereocenters. The highest BCUT2D eigenvalue weighted by atomic mass is 32.2. The molecule has 0 bridgehead atoms. The Morgan fingerprint density at radius 3 is 2.63 bits per heavy atom. The van der Waals surface area contributed by atoms with Gasteiger partial charge in [-0.15, -0.1) is 0 Å².